The van der Waals surface area contributed by atoms with Gasteiger partial charge in [-0.3, -0.25) is 0 Å². The maximum Gasteiger partial charge on any atom is 0.0962 e. The summed E-state index contributed by atoms with van der Waals surface area (Å²) >= 11 is 0. The first kappa shape index (κ1) is 9.15. The molecule has 5 heteroatoms. The second-order valence-corrected chi connectivity index (χ2v) is 2.70. The number of nitrogens with two attached hydrogens (primary N) is 1. The van der Waals surface area contributed by atoms with Gasteiger partial charge in [-0.25, -0.2) is 4.68 Å². The maximum absolute atomic E-state index is 9.27. The molecule has 0 spiro atoms. The Balaban J connectivity index is 2.52. The molecule has 0 aliphatic rings. The van der Waals surface area contributed by atoms with Crippen molar-refractivity contribution in [3.8, 4) is 0 Å². The lowest BCUT2D eigenvalue weighted by molar-refractivity contribution is 0.144. The first-order chi connectivity index (χ1) is 5.76. The van der Waals surface area contributed by atoms with Crippen molar-refractivity contribution >= 4 is 0 Å². The highest BCUT2D eigenvalue weighted by Crippen LogP contribution is 1.96. The van der Waals surface area contributed by atoms with Crippen molar-refractivity contribution in [1.82, 2.24) is 15.0 Å². The van der Waals surface area contributed by atoms with Gasteiger partial charge >= 0.3 is 0 Å². The van der Waals surface area contributed by atoms with E-state index in [4.69, 9.17) is 5.73 Å². The zero-order valence-electron chi connectivity index (χ0n) is 7.14. The van der Waals surface area contributed by atoms with Crippen LogP contribution in [0, 0.1) is 0 Å². The van der Waals surface area contributed by atoms with Crippen molar-refractivity contribution < 1.29 is 5.11 Å². The first-order valence-electron chi connectivity index (χ1n) is 4.03. The van der Waals surface area contributed by atoms with Crippen LogP contribution in [0.25, 0.3) is 0 Å². The lowest BCUT2D eigenvalue weighted by atomic mass is 10.3. The highest BCUT2D eigenvalue weighted by molar-refractivity contribution is 4.90. The minimum absolute atomic E-state index is 0.350. The van der Waals surface area contributed by atoms with Crippen LogP contribution in [0.3, 0.4) is 0 Å². The number of aromatic nitrogens is 3. The summed E-state index contributed by atoms with van der Waals surface area (Å²) in [7, 11) is 0. The largest absolute Gasteiger partial charge is 0.391 e. The van der Waals surface area contributed by atoms with Crippen LogP contribution in [0.2, 0.25) is 0 Å². The third kappa shape index (κ3) is 2.28. The standard InChI is InChI=1S/C7H14N4O/c1-2-7(12)5-11-4-6(3-8)9-10-11/h4,7,12H,2-3,5,8H2,1H3. The van der Waals surface area contributed by atoms with Gasteiger partial charge in [0.1, 0.15) is 0 Å². The monoisotopic (exact) mass is 170 g/mol. The van der Waals surface area contributed by atoms with Crippen molar-refractivity contribution in [2.75, 3.05) is 0 Å². The summed E-state index contributed by atoms with van der Waals surface area (Å²) in [6, 6.07) is 0. The summed E-state index contributed by atoms with van der Waals surface area (Å²) in [6.07, 6.45) is 2.12. The van der Waals surface area contributed by atoms with Crippen LogP contribution in [-0.2, 0) is 13.1 Å². The van der Waals surface area contributed by atoms with Crippen molar-refractivity contribution in [2.45, 2.75) is 32.5 Å². The predicted octanol–water partition coefficient (Wildman–Crippen LogP) is -0.492. The molecule has 0 bridgehead atoms. The van der Waals surface area contributed by atoms with Gasteiger partial charge in [0.15, 0.2) is 0 Å². The molecular formula is C7H14N4O. The van der Waals surface area contributed by atoms with E-state index in [9.17, 15) is 5.11 Å². The lowest BCUT2D eigenvalue weighted by Crippen LogP contribution is -2.15. The topological polar surface area (TPSA) is 77.0 Å². The highest BCUT2D eigenvalue weighted by Gasteiger charge is 2.03. The smallest absolute Gasteiger partial charge is 0.0962 e. The highest BCUT2D eigenvalue weighted by atomic mass is 16.3. The zero-order chi connectivity index (χ0) is 8.97. The average molecular weight is 170 g/mol. The maximum atomic E-state index is 9.27. The van der Waals surface area contributed by atoms with E-state index < -0.39 is 0 Å². The summed E-state index contributed by atoms with van der Waals surface area (Å²) in [4.78, 5) is 0. The minimum atomic E-state index is -0.350. The fourth-order valence-corrected chi connectivity index (χ4v) is 0.866. The van der Waals surface area contributed by atoms with Crippen molar-refractivity contribution in [3.63, 3.8) is 0 Å². The van der Waals surface area contributed by atoms with E-state index in [1.165, 1.54) is 0 Å². The van der Waals surface area contributed by atoms with Crippen LogP contribution in [0.15, 0.2) is 6.20 Å². The molecule has 5 nitrogen and oxygen atoms in total. The van der Waals surface area contributed by atoms with Gasteiger partial charge in [-0.15, -0.1) is 5.10 Å². The lowest BCUT2D eigenvalue weighted by Gasteiger charge is -2.05. The van der Waals surface area contributed by atoms with Gasteiger partial charge in [0, 0.05) is 12.7 Å². The molecule has 0 saturated heterocycles. The molecule has 1 rings (SSSR count). The van der Waals surface area contributed by atoms with Gasteiger partial charge in [-0.05, 0) is 6.42 Å². The Bertz CT molecular complexity index is 235. The number of hydrogen-bond donors (Lipinski definition) is 2. The van der Waals surface area contributed by atoms with Gasteiger partial charge in [0.05, 0.1) is 18.3 Å². The van der Waals surface area contributed by atoms with E-state index >= 15 is 0 Å². The van der Waals surface area contributed by atoms with Crippen LogP contribution >= 0.6 is 0 Å². The Morgan fingerprint density at radius 1 is 1.75 bits per heavy atom. The Morgan fingerprint density at radius 2 is 2.50 bits per heavy atom. The summed E-state index contributed by atoms with van der Waals surface area (Å²) in [5.41, 5.74) is 6.10. The third-order valence-electron chi connectivity index (χ3n) is 1.66. The Hall–Kier alpha value is -0.940. The fraction of sp³-hybridized carbons (Fsp3) is 0.714. The van der Waals surface area contributed by atoms with Gasteiger partial charge in [-0.2, -0.15) is 0 Å². The molecule has 0 aromatic carbocycles. The van der Waals surface area contributed by atoms with E-state index in [0.29, 0.717) is 13.1 Å². The number of rotatable bonds is 4. The van der Waals surface area contributed by atoms with Gasteiger partial charge in [0.2, 0.25) is 0 Å². The molecule has 0 radical (unpaired) electrons. The molecule has 1 heterocycles. The fourth-order valence-electron chi connectivity index (χ4n) is 0.866. The number of hydrogen-bond acceptors (Lipinski definition) is 4. The Morgan fingerprint density at radius 3 is 3.00 bits per heavy atom. The van der Waals surface area contributed by atoms with Crippen molar-refractivity contribution in [1.29, 1.82) is 0 Å². The molecule has 1 aromatic rings. The molecule has 0 amide bonds. The van der Waals surface area contributed by atoms with E-state index in [2.05, 4.69) is 10.3 Å². The van der Waals surface area contributed by atoms with Crippen LogP contribution in [-0.4, -0.2) is 26.2 Å². The van der Waals surface area contributed by atoms with E-state index in [1.54, 1.807) is 10.9 Å². The van der Waals surface area contributed by atoms with Crippen LogP contribution in [0.4, 0.5) is 0 Å². The molecule has 1 atom stereocenters. The Labute approximate surface area is 71.2 Å². The summed E-state index contributed by atoms with van der Waals surface area (Å²) < 4.78 is 1.61. The van der Waals surface area contributed by atoms with E-state index in [1.807, 2.05) is 6.92 Å². The molecule has 0 aliphatic carbocycles. The van der Waals surface area contributed by atoms with Gasteiger partial charge < -0.3 is 10.8 Å². The molecule has 68 valence electrons. The molecule has 3 N–H and O–H groups in total. The third-order valence-corrected chi connectivity index (χ3v) is 1.66. The number of aliphatic hydroxyl groups is 1. The van der Waals surface area contributed by atoms with Gasteiger partial charge in [-0.1, -0.05) is 12.1 Å². The van der Waals surface area contributed by atoms with Gasteiger partial charge in [0.25, 0.3) is 0 Å². The summed E-state index contributed by atoms with van der Waals surface area (Å²) in [5.74, 6) is 0. The SMILES string of the molecule is CCC(O)Cn1cc(CN)nn1. The molecule has 1 unspecified atom stereocenters. The predicted molar refractivity (Wildman–Crippen MR) is 44.2 cm³/mol. The Kier molecular flexibility index (Phi) is 3.19. The average Bonchev–Trinajstić information content (AvgIpc) is 2.52. The van der Waals surface area contributed by atoms with Crippen LogP contribution < -0.4 is 5.73 Å². The first-order valence-corrected chi connectivity index (χ1v) is 4.03. The molecule has 0 saturated carbocycles. The van der Waals surface area contributed by atoms with E-state index in [0.717, 1.165) is 12.1 Å². The normalized spacial score (nSPS) is 13.2. The number of nitrogens with zero attached hydrogens (tertiary/aromatic N) is 3. The second kappa shape index (κ2) is 4.18. The molecule has 0 aliphatic heterocycles. The second-order valence-electron chi connectivity index (χ2n) is 2.70. The van der Waals surface area contributed by atoms with Crippen LogP contribution in [0.5, 0.6) is 0 Å². The summed E-state index contributed by atoms with van der Waals surface area (Å²) in [6.45, 7) is 2.80. The van der Waals surface area contributed by atoms with E-state index in [-0.39, 0.29) is 6.10 Å². The molecular weight excluding hydrogens is 156 g/mol. The zero-order valence-corrected chi connectivity index (χ0v) is 7.14. The molecule has 0 fully saturated rings. The molecule has 1 aromatic heterocycles. The molecule has 12 heavy (non-hydrogen) atoms. The minimum Gasteiger partial charge on any atom is -0.391 e. The van der Waals surface area contributed by atoms with Crippen LogP contribution in [0.1, 0.15) is 19.0 Å². The van der Waals surface area contributed by atoms with Crippen molar-refractivity contribution in [2.24, 2.45) is 5.73 Å². The quantitative estimate of drug-likeness (QED) is 0.639. The number of aliphatic hydroxyl groups excluding tert-OH is 1. The summed E-state index contributed by atoms with van der Waals surface area (Å²) in [5, 5.41) is 16.9. The van der Waals surface area contributed by atoms with Crippen molar-refractivity contribution in [3.05, 3.63) is 11.9 Å².